The van der Waals surface area contributed by atoms with E-state index in [2.05, 4.69) is 14.6 Å². The number of hydrogen-bond donors (Lipinski definition) is 1. The number of amidine groups is 1. The summed E-state index contributed by atoms with van der Waals surface area (Å²) in [6.07, 6.45) is 1.12. The largest absolute Gasteiger partial charge is 0.466 e. The van der Waals surface area contributed by atoms with Gasteiger partial charge < -0.3 is 24.8 Å². The molecule has 0 unspecified atom stereocenters. The van der Waals surface area contributed by atoms with E-state index in [-0.39, 0.29) is 24.3 Å². The molecule has 0 saturated carbocycles. The van der Waals surface area contributed by atoms with Crippen LogP contribution in [0.25, 0.3) is 0 Å². The summed E-state index contributed by atoms with van der Waals surface area (Å²) in [5, 5.41) is 3.77. The van der Waals surface area contributed by atoms with Gasteiger partial charge in [-0.05, 0) is 6.42 Å². The van der Waals surface area contributed by atoms with Gasteiger partial charge in [0.2, 0.25) is 5.76 Å². The highest BCUT2D eigenvalue weighted by Gasteiger charge is 2.36. The number of Topliss-reactive ketones (excluding diaryl/α,β-unsaturated/α-hetero) is 1. The second kappa shape index (κ2) is 11.1. The number of hydrogen-bond acceptors (Lipinski definition) is 9. The molecule has 2 rings (SSSR count). The highest BCUT2D eigenvalue weighted by Crippen LogP contribution is 2.21. The minimum Gasteiger partial charge on any atom is -0.466 e. The van der Waals surface area contributed by atoms with Crippen LogP contribution in [0, 0.1) is 0 Å². The molecule has 1 saturated heterocycles. The maximum absolute atomic E-state index is 12.6. The topological polar surface area (TPSA) is 130 Å². The van der Waals surface area contributed by atoms with E-state index in [9.17, 15) is 14.4 Å². The van der Waals surface area contributed by atoms with Crippen LogP contribution in [-0.4, -0.2) is 75.0 Å². The van der Waals surface area contributed by atoms with Crippen molar-refractivity contribution < 1.29 is 33.4 Å². The predicted molar refractivity (Wildman–Crippen MR) is 106 cm³/mol. The Morgan fingerprint density at radius 2 is 1.87 bits per heavy atom. The number of rotatable bonds is 9. The lowest BCUT2D eigenvalue weighted by Gasteiger charge is -2.22. The molecule has 1 aromatic carbocycles. The standard InChI is InChI=1S/C20H25N3O7/c1-27-14-9-15(23(11-14)12-16(24)13-7-5-4-6-8-13)19(21)22-30-17(20(26)29-3)10-18(25)28-2/h4-8,10,14-15H,9,11-12H2,1-3H3,(H2,21,22)/b17-10+/t14-,15+/m1/s1. The quantitative estimate of drug-likeness (QED) is 0.115. The number of nitrogens with two attached hydrogens (primary N) is 1. The maximum Gasteiger partial charge on any atom is 0.377 e. The summed E-state index contributed by atoms with van der Waals surface area (Å²) in [5.74, 6) is -2.28. The SMILES string of the molecule is COC(=O)/C=C(/O/N=C(\N)[C@@H]1C[C@@H](OC)CN1CC(=O)c1ccccc1)C(=O)OC. The predicted octanol–water partition coefficient (Wildman–Crippen LogP) is 0.477. The number of oxime groups is 1. The monoisotopic (exact) mass is 419 g/mol. The van der Waals surface area contributed by atoms with Gasteiger partial charge in [-0.2, -0.15) is 0 Å². The Hall–Kier alpha value is -3.24. The molecule has 1 aliphatic heterocycles. The van der Waals surface area contributed by atoms with Gasteiger partial charge in [0.15, 0.2) is 11.6 Å². The molecule has 10 nitrogen and oxygen atoms in total. The second-order valence-electron chi connectivity index (χ2n) is 6.46. The van der Waals surface area contributed by atoms with Crippen LogP contribution in [0.3, 0.4) is 0 Å². The first-order valence-electron chi connectivity index (χ1n) is 9.13. The van der Waals surface area contributed by atoms with Crippen LogP contribution >= 0.6 is 0 Å². The Kier molecular flexibility index (Phi) is 8.51. The van der Waals surface area contributed by atoms with Crippen LogP contribution in [0.5, 0.6) is 0 Å². The summed E-state index contributed by atoms with van der Waals surface area (Å²) in [6, 6.07) is 8.43. The molecule has 0 spiro atoms. The molecule has 0 radical (unpaired) electrons. The third kappa shape index (κ3) is 6.13. The number of benzene rings is 1. The van der Waals surface area contributed by atoms with Crippen molar-refractivity contribution in [3.05, 3.63) is 47.7 Å². The lowest BCUT2D eigenvalue weighted by atomic mass is 10.1. The number of carbonyl (C=O) groups is 3. The fourth-order valence-electron chi connectivity index (χ4n) is 2.97. The molecule has 162 valence electrons. The van der Waals surface area contributed by atoms with Crippen molar-refractivity contribution in [2.75, 3.05) is 34.4 Å². The normalized spacial score (nSPS) is 20.0. The van der Waals surface area contributed by atoms with Crippen LogP contribution in [-0.2, 0) is 28.6 Å². The van der Waals surface area contributed by atoms with Crippen LogP contribution in [0.1, 0.15) is 16.8 Å². The minimum absolute atomic E-state index is 0.0232. The lowest BCUT2D eigenvalue weighted by Crippen LogP contribution is -2.43. The van der Waals surface area contributed by atoms with Gasteiger partial charge in [0.25, 0.3) is 0 Å². The zero-order valence-electron chi connectivity index (χ0n) is 17.1. The number of ether oxygens (including phenoxy) is 3. The first-order chi connectivity index (χ1) is 14.4. The molecular formula is C20H25N3O7. The fraction of sp³-hybridized carbons (Fsp3) is 0.400. The Bertz CT molecular complexity index is 823. The molecular weight excluding hydrogens is 394 g/mol. The minimum atomic E-state index is -0.922. The first-order valence-corrected chi connectivity index (χ1v) is 9.13. The highest BCUT2D eigenvalue weighted by atomic mass is 16.7. The zero-order valence-corrected chi connectivity index (χ0v) is 17.1. The smallest absolute Gasteiger partial charge is 0.377 e. The van der Waals surface area contributed by atoms with Crippen molar-refractivity contribution in [2.45, 2.75) is 18.6 Å². The van der Waals surface area contributed by atoms with Crippen molar-refractivity contribution in [3.8, 4) is 0 Å². The summed E-state index contributed by atoms with van der Waals surface area (Å²) in [5.41, 5.74) is 6.66. The van der Waals surface area contributed by atoms with E-state index in [0.29, 0.717) is 18.5 Å². The molecule has 1 aliphatic rings. The number of esters is 2. The molecule has 2 N–H and O–H groups in total. The fourth-order valence-corrected chi connectivity index (χ4v) is 2.97. The zero-order chi connectivity index (χ0) is 22.1. The van der Waals surface area contributed by atoms with E-state index in [4.69, 9.17) is 15.3 Å². The van der Waals surface area contributed by atoms with E-state index in [1.165, 1.54) is 0 Å². The van der Waals surface area contributed by atoms with Crippen molar-refractivity contribution in [1.82, 2.24) is 4.90 Å². The molecule has 2 atom stereocenters. The number of likely N-dealkylation sites (tertiary alicyclic amines) is 1. The molecule has 30 heavy (non-hydrogen) atoms. The van der Waals surface area contributed by atoms with Gasteiger partial charge in [-0.1, -0.05) is 35.5 Å². The van der Waals surface area contributed by atoms with Crippen molar-refractivity contribution in [2.24, 2.45) is 10.9 Å². The molecule has 0 aromatic heterocycles. The van der Waals surface area contributed by atoms with E-state index in [0.717, 1.165) is 20.3 Å². The van der Waals surface area contributed by atoms with Gasteiger partial charge >= 0.3 is 11.9 Å². The molecule has 0 aliphatic carbocycles. The van der Waals surface area contributed by atoms with Crippen LogP contribution < -0.4 is 5.73 Å². The Morgan fingerprint density at radius 3 is 2.47 bits per heavy atom. The van der Waals surface area contributed by atoms with Gasteiger partial charge in [0.05, 0.1) is 39.0 Å². The second-order valence-corrected chi connectivity index (χ2v) is 6.46. The van der Waals surface area contributed by atoms with Crippen molar-refractivity contribution in [1.29, 1.82) is 0 Å². The summed E-state index contributed by atoms with van der Waals surface area (Å²) in [6.45, 7) is 0.574. The number of nitrogens with zero attached hydrogens (tertiary/aromatic N) is 2. The number of carbonyl (C=O) groups excluding carboxylic acids is 3. The lowest BCUT2D eigenvalue weighted by molar-refractivity contribution is -0.142. The summed E-state index contributed by atoms with van der Waals surface area (Å²) < 4.78 is 14.4. The Balaban J connectivity index is 2.16. The first kappa shape index (κ1) is 23.0. The van der Waals surface area contributed by atoms with E-state index >= 15 is 0 Å². The van der Waals surface area contributed by atoms with Gasteiger partial charge in [0, 0.05) is 19.2 Å². The summed E-state index contributed by atoms with van der Waals surface area (Å²) in [7, 11) is 3.85. The van der Waals surface area contributed by atoms with Crippen molar-refractivity contribution in [3.63, 3.8) is 0 Å². The average Bonchev–Trinajstić information content (AvgIpc) is 3.19. The van der Waals surface area contributed by atoms with E-state index in [1.807, 2.05) is 11.0 Å². The van der Waals surface area contributed by atoms with Gasteiger partial charge in [-0.25, -0.2) is 9.59 Å². The van der Waals surface area contributed by atoms with Crippen LogP contribution in [0.2, 0.25) is 0 Å². The molecule has 0 bridgehead atoms. The molecule has 10 heteroatoms. The Labute approximate surface area is 174 Å². The number of methoxy groups -OCH3 is 3. The maximum atomic E-state index is 12.6. The Morgan fingerprint density at radius 1 is 1.17 bits per heavy atom. The number of ketones is 1. The average molecular weight is 419 g/mol. The van der Waals surface area contributed by atoms with E-state index < -0.39 is 23.7 Å². The summed E-state index contributed by atoms with van der Waals surface area (Å²) in [4.78, 5) is 42.6. The molecule has 1 fully saturated rings. The van der Waals surface area contributed by atoms with Crippen LogP contribution in [0.15, 0.2) is 47.3 Å². The van der Waals surface area contributed by atoms with Gasteiger partial charge in [0.1, 0.15) is 0 Å². The third-order valence-electron chi connectivity index (χ3n) is 4.57. The van der Waals surface area contributed by atoms with Gasteiger partial charge in [-0.3, -0.25) is 9.69 Å². The summed E-state index contributed by atoms with van der Waals surface area (Å²) >= 11 is 0. The van der Waals surface area contributed by atoms with Crippen molar-refractivity contribution >= 4 is 23.6 Å². The van der Waals surface area contributed by atoms with E-state index in [1.54, 1.807) is 31.4 Å². The molecule has 1 aromatic rings. The highest BCUT2D eigenvalue weighted by molar-refractivity contribution is 5.98. The molecule has 1 heterocycles. The molecule has 0 amide bonds. The van der Waals surface area contributed by atoms with Gasteiger partial charge in [-0.15, -0.1) is 0 Å². The third-order valence-corrected chi connectivity index (χ3v) is 4.57. The van der Waals surface area contributed by atoms with Crippen LogP contribution in [0.4, 0.5) is 0 Å².